The minimum Gasteiger partial charge on any atom is -0.328 e. The fourth-order valence-corrected chi connectivity index (χ4v) is 2.13. The molecule has 0 aliphatic rings. The highest BCUT2D eigenvalue weighted by atomic mass is 32.2. The highest BCUT2D eigenvalue weighted by Gasteiger charge is 1.98. The number of hydrogen-bond donors (Lipinski definition) is 1. The Hall–Kier alpha value is -1.62. The highest BCUT2D eigenvalue weighted by Crippen LogP contribution is 2.09. The van der Waals surface area contributed by atoms with Gasteiger partial charge in [0.1, 0.15) is 5.04 Å². The van der Waals surface area contributed by atoms with Crippen LogP contribution >= 0.6 is 11.8 Å². The molecule has 1 aromatic heterocycles. The van der Waals surface area contributed by atoms with Gasteiger partial charge < -0.3 is 4.98 Å². The highest BCUT2D eigenvalue weighted by molar-refractivity contribution is 8.14. The quantitative estimate of drug-likeness (QED) is 0.375. The molecule has 0 atom stereocenters. The van der Waals surface area contributed by atoms with Crippen LogP contribution in [-0.4, -0.2) is 21.5 Å². The molecular weight excluding hydrogens is 258 g/mol. The van der Waals surface area contributed by atoms with Crippen molar-refractivity contribution in [3.05, 3.63) is 46.9 Å². The van der Waals surface area contributed by atoms with Gasteiger partial charge in [-0.15, -0.1) is 16.9 Å². The smallest absolute Gasteiger partial charge is 0.247 e. The first-order valence-corrected chi connectivity index (χ1v) is 7.22. The monoisotopic (exact) mass is 277 g/mol. The zero-order valence-electron chi connectivity index (χ0n) is 11.3. The van der Waals surface area contributed by atoms with Gasteiger partial charge in [0.05, 0.1) is 5.71 Å². The van der Waals surface area contributed by atoms with Crippen molar-refractivity contribution in [1.82, 2.24) is 4.98 Å². The van der Waals surface area contributed by atoms with Crippen LogP contribution in [0.1, 0.15) is 32.3 Å². The van der Waals surface area contributed by atoms with Crippen LogP contribution in [-0.2, 0) is 0 Å². The van der Waals surface area contributed by atoms with Gasteiger partial charge in [-0.3, -0.25) is 4.79 Å². The first-order chi connectivity index (χ1) is 9.17. The minimum absolute atomic E-state index is 0.123. The number of nitrogens with one attached hydrogen (secondary N) is 1. The third-order valence-corrected chi connectivity index (χ3v) is 3.46. The summed E-state index contributed by atoms with van der Waals surface area (Å²) in [6.45, 7) is 7.75. The van der Waals surface area contributed by atoms with E-state index in [1.165, 1.54) is 6.07 Å². The van der Waals surface area contributed by atoms with Crippen LogP contribution in [0.3, 0.4) is 0 Å². The average Bonchev–Trinajstić information content (AvgIpc) is 2.43. The molecule has 4 nitrogen and oxygen atoms in total. The van der Waals surface area contributed by atoms with Crippen molar-refractivity contribution < 1.29 is 0 Å². The summed E-state index contributed by atoms with van der Waals surface area (Å²) in [6.07, 6.45) is 5.66. The molecule has 1 N–H and O–H groups in total. The normalized spacial score (nSPS) is 12.5. The number of nitrogens with zero attached hydrogens (tertiary/aromatic N) is 2. The molecule has 0 bridgehead atoms. The third-order valence-electron chi connectivity index (χ3n) is 2.42. The maximum Gasteiger partial charge on any atom is 0.247 e. The van der Waals surface area contributed by atoms with Gasteiger partial charge in [0.15, 0.2) is 0 Å². The van der Waals surface area contributed by atoms with Gasteiger partial charge in [0.25, 0.3) is 0 Å². The zero-order chi connectivity index (χ0) is 14.1. The molecule has 0 saturated carbocycles. The Morgan fingerprint density at radius 1 is 1.47 bits per heavy atom. The molecule has 1 rings (SSSR count). The van der Waals surface area contributed by atoms with Crippen molar-refractivity contribution in [1.29, 1.82) is 0 Å². The van der Waals surface area contributed by atoms with Crippen LogP contribution < -0.4 is 5.56 Å². The van der Waals surface area contributed by atoms with E-state index in [2.05, 4.69) is 28.7 Å². The van der Waals surface area contributed by atoms with Gasteiger partial charge in [-0.1, -0.05) is 19.9 Å². The number of rotatable bonds is 6. The molecule has 0 radical (unpaired) electrons. The Balaban J connectivity index is 2.73. The van der Waals surface area contributed by atoms with E-state index >= 15 is 0 Å². The molecule has 0 aliphatic carbocycles. The molecule has 0 fully saturated rings. The first-order valence-electron chi connectivity index (χ1n) is 6.24. The second-order valence-electron chi connectivity index (χ2n) is 3.97. The lowest BCUT2D eigenvalue weighted by Gasteiger charge is -1.99. The summed E-state index contributed by atoms with van der Waals surface area (Å²) in [5.74, 6) is 1.02. The van der Waals surface area contributed by atoms with E-state index in [1.54, 1.807) is 30.1 Å². The molecule has 1 aromatic rings. The molecule has 0 aliphatic heterocycles. The predicted octanol–water partition coefficient (Wildman–Crippen LogP) is 3.22. The van der Waals surface area contributed by atoms with E-state index in [-0.39, 0.29) is 5.56 Å². The molecule has 5 heteroatoms. The van der Waals surface area contributed by atoms with Crippen LogP contribution in [0.2, 0.25) is 0 Å². The Morgan fingerprint density at radius 2 is 2.26 bits per heavy atom. The third kappa shape index (κ3) is 5.70. The van der Waals surface area contributed by atoms with Crippen LogP contribution in [0.5, 0.6) is 0 Å². The van der Waals surface area contributed by atoms with Gasteiger partial charge in [0, 0.05) is 17.8 Å². The minimum atomic E-state index is -0.123. The van der Waals surface area contributed by atoms with Crippen LogP contribution in [0, 0.1) is 0 Å². The second-order valence-corrected chi connectivity index (χ2v) is 5.09. The summed E-state index contributed by atoms with van der Waals surface area (Å²) in [5.41, 5.74) is 1.49. The number of H-pyrrole nitrogens is 1. The Morgan fingerprint density at radius 3 is 2.84 bits per heavy atom. The summed E-state index contributed by atoms with van der Waals surface area (Å²) < 4.78 is 0. The SMILES string of the molecule is C=C/C(=N\N=C(/C)c1ccc(=O)[nH]c1)SCCCC. The predicted molar refractivity (Wildman–Crippen MR) is 84.3 cm³/mol. The largest absolute Gasteiger partial charge is 0.328 e. The van der Waals surface area contributed by atoms with Crippen LogP contribution in [0.15, 0.2) is 46.0 Å². The molecule has 0 amide bonds. The standard InChI is InChI=1S/C14H19N3OS/c1-4-6-9-19-14(5-2)17-16-11(3)12-7-8-13(18)15-10-12/h5,7-8,10H,2,4,6,9H2,1,3H3,(H,15,18)/b16-11+,17-14+. The van der Waals surface area contributed by atoms with Gasteiger partial charge in [-0.2, -0.15) is 5.10 Å². The zero-order valence-corrected chi connectivity index (χ0v) is 12.2. The fraction of sp³-hybridized carbons (Fsp3) is 0.357. The van der Waals surface area contributed by atoms with Gasteiger partial charge in [-0.25, -0.2) is 0 Å². The van der Waals surface area contributed by atoms with Crippen molar-refractivity contribution in [3.63, 3.8) is 0 Å². The number of aromatic nitrogens is 1. The molecular formula is C14H19N3OS. The van der Waals surface area contributed by atoms with E-state index in [0.717, 1.165) is 34.9 Å². The van der Waals surface area contributed by atoms with Crippen LogP contribution in [0.25, 0.3) is 0 Å². The second kappa shape index (κ2) is 8.48. The molecule has 0 aromatic carbocycles. The van der Waals surface area contributed by atoms with Gasteiger partial charge >= 0.3 is 0 Å². The first kappa shape index (κ1) is 15.4. The van der Waals surface area contributed by atoms with E-state index in [0.29, 0.717) is 0 Å². The van der Waals surface area contributed by atoms with Gasteiger partial charge in [-0.05, 0) is 31.2 Å². The fourth-order valence-electron chi connectivity index (χ4n) is 1.27. The molecule has 102 valence electrons. The van der Waals surface area contributed by atoms with E-state index < -0.39 is 0 Å². The van der Waals surface area contributed by atoms with Crippen molar-refractivity contribution in [2.75, 3.05) is 5.75 Å². The van der Waals surface area contributed by atoms with Crippen molar-refractivity contribution in [3.8, 4) is 0 Å². The summed E-state index contributed by atoms with van der Waals surface area (Å²) in [4.78, 5) is 13.6. The number of unbranched alkanes of at least 4 members (excludes halogenated alkanes) is 1. The van der Waals surface area contributed by atoms with Gasteiger partial charge in [0.2, 0.25) is 5.56 Å². The summed E-state index contributed by atoms with van der Waals surface area (Å²) in [5, 5.41) is 9.15. The van der Waals surface area contributed by atoms with Crippen molar-refractivity contribution >= 4 is 22.5 Å². The molecule has 1 heterocycles. The molecule has 0 saturated heterocycles. The average molecular weight is 277 g/mol. The van der Waals surface area contributed by atoms with E-state index in [4.69, 9.17) is 0 Å². The number of pyridine rings is 1. The number of hydrogen-bond acceptors (Lipinski definition) is 4. The lowest BCUT2D eigenvalue weighted by Crippen LogP contribution is -2.05. The summed E-state index contributed by atoms with van der Waals surface area (Å²) in [6, 6.07) is 3.20. The maximum atomic E-state index is 11.0. The van der Waals surface area contributed by atoms with Crippen LogP contribution in [0.4, 0.5) is 0 Å². The molecule has 0 spiro atoms. The molecule has 0 unspecified atom stereocenters. The lowest BCUT2D eigenvalue weighted by molar-refractivity contribution is 0.898. The van der Waals surface area contributed by atoms with E-state index in [9.17, 15) is 4.79 Å². The van der Waals surface area contributed by atoms with Crippen molar-refractivity contribution in [2.24, 2.45) is 10.2 Å². The molecule has 19 heavy (non-hydrogen) atoms. The van der Waals surface area contributed by atoms with Crippen molar-refractivity contribution in [2.45, 2.75) is 26.7 Å². The van der Waals surface area contributed by atoms with E-state index in [1.807, 2.05) is 6.92 Å². The Kier molecular flexibility index (Phi) is 6.89. The lowest BCUT2D eigenvalue weighted by atomic mass is 10.2. The number of thioether (sulfide) groups is 1. The maximum absolute atomic E-state index is 11.0. The Bertz CT molecular complexity index is 511. The Labute approximate surface area is 117 Å². The summed E-state index contributed by atoms with van der Waals surface area (Å²) in [7, 11) is 0. The topological polar surface area (TPSA) is 57.6 Å². The summed E-state index contributed by atoms with van der Waals surface area (Å²) >= 11 is 1.65. The number of aromatic amines is 1.